The molecule has 0 fully saturated rings. The third-order valence-electron chi connectivity index (χ3n) is 2.84. The normalized spacial score (nSPS) is 9.74. The SMILES string of the molecule is CN(c1cccc(C#N)c1)c1c(F)cccc1C=O. The van der Waals surface area contributed by atoms with Crippen molar-refractivity contribution in [2.45, 2.75) is 0 Å². The number of benzene rings is 2. The van der Waals surface area contributed by atoms with Crippen LogP contribution in [0.25, 0.3) is 0 Å². The number of aldehydes is 1. The van der Waals surface area contributed by atoms with Gasteiger partial charge in [0, 0.05) is 18.3 Å². The number of rotatable bonds is 3. The van der Waals surface area contributed by atoms with Crippen LogP contribution in [0.4, 0.5) is 15.8 Å². The fraction of sp³-hybridized carbons (Fsp3) is 0.0667. The number of hydrogen-bond donors (Lipinski definition) is 0. The average molecular weight is 254 g/mol. The van der Waals surface area contributed by atoms with Gasteiger partial charge in [-0.15, -0.1) is 0 Å². The number of nitrogens with zero attached hydrogens (tertiary/aromatic N) is 2. The van der Waals surface area contributed by atoms with Crippen LogP contribution >= 0.6 is 0 Å². The van der Waals surface area contributed by atoms with Gasteiger partial charge >= 0.3 is 0 Å². The predicted molar refractivity (Wildman–Crippen MR) is 71.0 cm³/mol. The lowest BCUT2D eigenvalue weighted by Gasteiger charge is -2.21. The lowest BCUT2D eigenvalue weighted by Crippen LogP contribution is -2.13. The van der Waals surface area contributed by atoms with Crippen LogP contribution in [-0.4, -0.2) is 13.3 Å². The van der Waals surface area contributed by atoms with E-state index in [2.05, 4.69) is 0 Å². The van der Waals surface area contributed by atoms with Crippen molar-refractivity contribution >= 4 is 17.7 Å². The van der Waals surface area contributed by atoms with E-state index in [0.717, 1.165) is 0 Å². The van der Waals surface area contributed by atoms with Crippen molar-refractivity contribution in [3.63, 3.8) is 0 Å². The van der Waals surface area contributed by atoms with Crippen molar-refractivity contribution in [3.8, 4) is 6.07 Å². The third-order valence-corrected chi connectivity index (χ3v) is 2.84. The molecule has 2 aromatic rings. The molecule has 3 nitrogen and oxygen atoms in total. The first-order chi connectivity index (χ1) is 9.17. The van der Waals surface area contributed by atoms with Gasteiger partial charge in [-0.3, -0.25) is 4.79 Å². The van der Waals surface area contributed by atoms with Crippen molar-refractivity contribution in [1.29, 1.82) is 5.26 Å². The summed E-state index contributed by atoms with van der Waals surface area (Å²) in [7, 11) is 1.65. The number of carbonyl (C=O) groups is 1. The number of nitriles is 1. The van der Waals surface area contributed by atoms with Gasteiger partial charge in [-0.25, -0.2) is 4.39 Å². The molecule has 0 unspecified atom stereocenters. The summed E-state index contributed by atoms with van der Waals surface area (Å²) in [5, 5.41) is 8.87. The maximum absolute atomic E-state index is 13.9. The van der Waals surface area contributed by atoms with Crippen molar-refractivity contribution in [2.24, 2.45) is 0 Å². The zero-order valence-corrected chi connectivity index (χ0v) is 10.3. The topological polar surface area (TPSA) is 44.1 Å². The summed E-state index contributed by atoms with van der Waals surface area (Å²) in [6.07, 6.45) is 0.614. The second kappa shape index (κ2) is 5.32. The fourth-order valence-electron chi connectivity index (χ4n) is 1.89. The van der Waals surface area contributed by atoms with Gasteiger partial charge in [0.2, 0.25) is 0 Å². The number of carbonyl (C=O) groups excluding carboxylic acids is 1. The second-order valence-corrected chi connectivity index (χ2v) is 4.02. The van der Waals surface area contributed by atoms with Crippen LogP contribution in [0.5, 0.6) is 0 Å². The van der Waals surface area contributed by atoms with Gasteiger partial charge in [0.05, 0.1) is 17.3 Å². The van der Waals surface area contributed by atoms with E-state index in [0.29, 0.717) is 17.5 Å². The van der Waals surface area contributed by atoms with Gasteiger partial charge in [0.15, 0.2) is 6.29 Å². The summed E-state index contributed by atoms with van der Waals surface area (Å²) in [4.78, 5) is 12.5. The van der Waals surface area contributed by atoms with Crippen LogP contribution in [0.15, 0.2) is 42.5 Å². The maximum Gasteiger partial charge on any atom is 0.152 e. The van der Waals surface area contributed by atoms with E-state index in [9.17, 15) is 9.18 Å². The van der Waals surface area contributed by atoms with Gasteiger partial charge in [-0.1, -0.05) is 12.1 Å². The first-order valence-corrected chi connectivity index (χ1v) is 5.65. The minimum atomic E-state index is -0.477. The number of halogens is 1. The molecule has 0 saturated heterocycles. The number of hydrogen-bond acceptors (Lipinski definition) is 3. The molecule has 19 heavy (non-hydrogen) atoms. The molecule has 0 saturated carbocycles. The highest BCUT2D eigenvalue weighted by Gasteiger charge is 2.14. The lowest BCUT2D eigenvalue weighted by atomic mass is 10.1. The minimum absolute atomic E-state index is 0.201. The smallest absolute Gasteiger partial charge is 0.152 e. The Morgan fingerprint density at radius 3 is 2.68 bits per heavy atom. The summed E-state index contributed by atoms with van der Waals surface area (Å²) in [5.74, 6) is -0.477. The molecule has 0 aromatic heterocycles. The molecule has 0 heterocycles. The minimum Gasteiger partial charge on any atom is -0.342 e. The van der Waals surface area contributed by atoms with Gasteiger partial charge in [0.1, 0.15) is 5.82 Å². The van der Waals surface area contributed by atoms with E-state index in [1.54, 1.807) is 42.3 Å². The van der Waals surface area contributed by atoms with Crippen molar-refractivity contribution in [3.05, 3.63) is 59.4 Å². The highest BCUT2D eigenvalue weighted by atomic mass is 19.1. The average Bonchev–Trinajstić information content (AvgIpc) is 2.46. The van der Waals surface area contributed by atoms with Crippen LogP contribution < -0.4 is 4.90 Å². The Hall–Kier alpha value is -2.67. The molecule has 2 rings (SSSR count). The van der Waals surface area contributed by atoms with Gasteiger partial charge in [0.25, 0.3) is 0 Å². The maximum atomic E-state index is 13.9. The Labute approximate surface area is 110 Å². The molecular weight excluding hydrogens is 243 g/mol. The van der Waals surface area contributed by atoms with E-state index in [4.69, 9.17) is 5.26 Å². The standard InChI is InChI=1S/C15H11FN2O/c1-18(13-6-2-4-11(8-13)9-17)15-12(10-19)5-3-7-14(15)16/h2-8,10H,1H3. The molecule has 0 spiro atoms. The van der Waals surface area contributed by atoms with Gasteiger partial charge in [-0.2, -0.15) is 5.26 Å². The fourth-order valence-corrected chi connectivity index (χ4v) is 1.89. The predicted octanol–water partition coefficient (Wildman–Crippen LogP) is 3.28. The molecular formula is C15H11FN2O. The molecule has 0 aliphatic carbocycles. The highest BCUT2D eigenvalue weighted by molar-refractivity contribution is 5.87. The Balaban J connectivity index is 2.52. The molecule has 2 aromatic carbocycles. The van der Waals surface area contributed by atoms with Crippen LogP contribution in [0, 0.1) is 17.1 Å². The van der Waals surface area contributed by atoms with Crippen LogP contribution in [0.2, 0.25) is 0 Å². The van der Waals surface area contributed by atoms with Gasteiger partial charge in [-0.05, 0) is 30.3 Å². The zero-order chi connectivity index (χ0) is 13.8. The molecule has 0 aliphatic rings. The third kappa shape index (κ3) is 2.45. The van der Waals surface area contributed by atoms with Crippen LogP contribution in [0.1, 0.15) is 15.9 Å². The zero-order valence-electron chi connectivity index (χ0n) is 10.3. The van der Waals surface area contributed by atoms with Crippen molar-refractivity contribution in [1.82, 2.24) is 0 Å². The van der Waals surface area contributed by atoms with Gasteiger partial charge < -0.3 is 4.90 Å². The summed E-state index contributed by atoms with van der Waals surface area (Å²) >= 11 is 0. The monoisotopic (exact) mass is 254 g/mol. The van der Waals surface area contributed by atoms with E-state index >= 15 is 0 Å². The van der Waals surface area contributed by atoms with E-state index in [-0.39, 0.29) is 11.3 Å². The molecule has 4 heteroatoms. The van der Waals surface area contributed by atoms with Crippen molar-refractivity contribution in [2.75, 3.05) is 11.9 Å². The molecule has 0 bridgehead atoms. The van der Waals surface area contributed by atoms with E-state index in [1.807, 2.05) is 6.07 Å². The van der Waals surface area contributed by atoms with E-state index in [1.165, 1.54) is 12.1 Å². The number of para-hydroxylation sites is 1. The molecule has 0 atom stereocenters. The first kappa shape index (κ1) is 12.8. The quantitative estimate of drug-likeness (QED) is 0.789. The molecule has 0 amide bonds. The molecule has 0 N–H and O–H groups in total. The lowest BCUT2D eigenvalue weighted by molar-refractivity contribution is 0.112. The van der Waals surface area contributed by atoms with Crippen molar-refractivity contribution < 1.29 is 9.18 Å². The first-order valence-electron chi connectivity index (χ1n) is 5.65. The molecule has 0 aliphatic heterocycles. The Bertz CT molecular complexity index is 661. The number of anilines is 2. The summed E-state index contributed by atoms with van der Waals surface area (Å²) in [5.41, 5.74) is 1.60. The Kier molecular flexibility index (Phi) is 3.58. The summed E-state index contributed by atoms with van der Waals surface area (Å²) in [6.45, 7) is 0. The summed E-state index contributed by atoms with van der Waals surface area (Å²) in [6, 6.07) is 13.1. The highest BCUT2D eigenvalue weighted by Crippen LogP contribution is 2.29. The second-order valence-electron chi connectivity index (χ2n) is 4.02. The van der Waals surface area contributed by atoms with Crippen LogP contribution in [-0.2, 0) is 0 Å². The molecule has 94 valence electrons. The largest absolute Gasteiger partial charge is 0.342 e. The Morgan fingerprint density at radius 1 is 1.26 bits per heavy atom. The van der Waals surface area contributed by atoms with Crippen LogP contribution in [0.3, 0.4) is 0 Å². The Morgan fingerprint density at radius 2 is 2.00 bits per heavy atom. The van der Waals surface area contributed by atoms with E-state index < -0.39 is 5.82 Å². The molecule has 0 radical (unpaired) electrons. The summed E-state index contributed by atoms with van der Waals surface area (Å²) < 4.78 is 13.9.